The van der Waals surface area contributed by atoms with Crippen LogP contribution in [0.3, 0.4) is 0 Å². The van der Waals surface area contributed by atoms with Gasteiger partial charge in [-0.25, -0.2) is 8.78 Å². The lowest BCUT2D eigenvalue weighted by Gasteiger charge is -2.19. The molecular weight excluding hydrogens is 244 g/mol. The molecule has 0 radical (unpaired) electrons. The summed E-state index contributed by atoms with van der Waals surface area (Å²) < 4.78 is 32.1. The van der Waals surface area contributed by atoms with Gasteiger partial charge in [0.1, 0.15) is 11.9 Å². The third-order valence-corrected chi connectivity index (χ3v) is 2.24. The summed E-state index contributed by atoms with van der Waals surface area (Å²) >= 11 is 0. The van der Waals surface area contributed by atoms with Crippen molar-refractivity contribution in [2.24, 2.45) is 0 Å². The number of benzene rings is 1. The van der Waals surface area contributed by atoms with E-state index >= 15 is 0 Å². The zero-order valence-electron chi connectivity index (χ0n) is 10.3. The Balaban J connectivity index is 3.34. The van der Waals surface area contributed by atoms with Crippen LogP contribution in [0, 0.1) is 11.6 Å². The summed E-state index contributed by atoms with van der Waals surface area (Å²) in [7, 11) is 1.39. The van der Waals surface area contributed by atoms with E-state index in [4.69, 9.17) is 9.84 Å². The van der Waals surface area contributed by atoms with Crippen molar-refractivity contribution in [3.63, 3.8) is 0 Å². The summed E-state index contributed by atoms with van der Waals surface area (Å²) in [5.74, 6) is -3.25. The molecule has 0 heterocycles. The molecule has 4 nitrogen and oxygen atoms in total. The smallest absolute Gasteiger partial charge is 0.325 e. The molecule has 0 bridgehead atoms. The monoisotopic (exact) mass is 259 g/mol. The molecule has 6 heteroatoms. The molecule has 0 spiro atoms. The highest BCUT2D eigenvalue weighted by molar-refractivity contribution is 5.76. The summed E-state index contributed by atoms with van der Waals surface area (Å²) in [6.45, 7) is 3.34. The summed E-state index contributed by atoms with van der Waals surface area (Å²) in [6.07, 6.45) is -0.352. The highest BCUT2D eigenvalue weighted by Gasteiger charge is 2.25. The number of hydrogen-bond acceptors (Lipinski definition) is 3. The first kappa shape index (κ1) is 14.4. The Morgan fingerprint density at radius 1 is 1.39 bits per heavy atom. The number of carboxylic acids is 1. The molecule has 0 aliphatic heterocycles. The fourth-order valence-electron chi connectivity index (χ4n) is 1.57. The second-order valence-electron chi connectivity index (χ2n) is 4.03. The van der Waals surface area contributed by atoms with Crippen LogP contribution in [-0.4, -0.2) is 24.2 Å². The second-order valence-corrected chi connectivity index (χ2v) is 4.03. The lowest BCUT2D eigenvalue weighted by atomic mass is 10.1. The van der Waals surface area contributed by atoms with E-state index in [0.717, 1.165) is 6.07 Å². The van der Waals surface area contributed by atoms with Crippen LogP contribution in [-0.2, 0) is 4.79 Å². The lowest BCUT2D eigenvalue weighted by Crippen LogP contribution is -2.26. The summed E-state index contributed by atoms with van der Waals surface area (Å²) in [6, 6.07) is 0.384. The number of aliphatic carboxylic acids is 1. The van der Waals surface area contributed by atoms with Crippen LogP contribution in [0.15, 0.2) is 12.1 Å². The van der Waals surface area contributed by atoms with Gasteiger partial charge in [0.2, 0.25) is 0 Å². The van der Waals surface area contributed by atoms with Crippen LogP contribution >= 0.6 is 0 Å². The van der Waals surface area contributed by atoms with Crippen LogP contribution in [0.1, 0.15) is 25.5 Å². The van der Waals surface area contributed by atoms with E-state index in [1.807, 2.05) is 0 Å². The molecule has 1 rings (SSSR count). The number of carbonyl (C=O) groups is 1. The van der Waals surface area contributed by atoms with Gasteiger partial charge in [0.05, 0.1) is 6.10 Å². The predicted octanol–water partition coefficient (Wildman–Crippen LogP) is 2.10. The normalized spacial score (nSPS) is 12.6. The summed E-state index contributed by atoms with van der Waals surface area (Å²) in [5, 5.41) is 11.5. The largest absolute Gasteiger partial charge is 0.488 e. The fourth-order valence-corrected chi connectivity index (χ4v) is 1.57. The summed E-state index contributed by atoms with van der Waals surface area (Å²) in [4.78, 5) is 11.0. The Morgan fingerprint density at radius 2 is 2.00 bits per heavy atom. The quantitative estimate of drug-likeness (QED) is 0.850. The molecule has 1 atom stereocenters. The molecule has 0 amide bonds. The molecular formula is C12H15F2NO3. The van der Waals surface area contributed by atoms with Crippen molar-refractivity contribution in [1.82, 2.24) is 5.32 Å². The van der Waals surface area contributed by atoms with E-state index in [9.17, 15) is 13.6 Å². The molecule has 0 saturated heterocycles. The number of halogens is 2. The van der Waals surface area contributed by atoms with Gasteiger partial charge in [-0.05, 0) is 27.0 Å². The third kappa shape index (κ3) is 3.16. The zero-order chi connectivity index (χ0) is 13.9. The van der Waals surface area contributed by atoms with E-state index < -0.39 is 23.6 Å². The minimum Gasteiger partial charge on any atom is -0.488 e. The SMILES string of the molecule is CN[C@H](C(=O)O)c1cc(F)cc(F)c1OC(C)C. The van der Waals surface area contributed by atoms with Gasteiger partial charge in [-0.3, -0.25) is 4.79 Å². The molecule has 1 aromatic carbocycles. The molecule has 0 saturated carbocycles. The average molecular weight is 259 g/mol. The Morgan fingerprint density at radius 3 is 2.44 bits per heavy atom. The molecule has 0 fully saturated rings. The molecule has 0 aliphatic carbocycles. The number of hydrogen-bond donors (Lipinski definition) is 2. The molecule has 0 aliphatic rings. The van der Waals surface area contributed by atoms with Crippen LogP contribution in [0.5, 0.6) is 5.75 Å². The van der Waals surface area contributed by atoms with Gasteiger partial charge in [-0.1, -0.05) is 0 Å². The van der Waals surface area contributed by atoms with E-state index in [1.165, 1.54) is 7.05 Å². The van der Waals surface area contributed by atoms with Crippen LogP contribution in [0.2, 0.25) is 0 Å². The van der Waals surface area contributed by atoms with Crippen molar-refractivity contribution >= 4 is 5.97 Å². The van der Waals surface area contributed by atoms with E-state index in [-0.39, 0.29) is 17.4 Å². The topological polar surface area (TPSA) is 58.6 Å². The number of carboxylic acid groups (broad SMARTS) is 1. The first-order valence-electron chi connectivity index (χ1n) is 5.42. The predicted molar refractivity (Wildman–Crippen MR) is 61.6 cm³/mol. The molecule has 0 unspecified atom stereocenters. The summed E-state index contributed by atoms with van der Waals surface area (Å²) in [5.41, 5.74) is -0.0730. The van der Waals surface area contributed by atoms with Crippen molar-refractivity contribution in [2.45, 2.75) is 26.0 Å². The minimum absolute atomic E-state index is 0.0730. The van der Waals surface area contributed by atoms with Gasteiger partial charge >= 0.3 is 5.97 Å². The molecule has 100 valence electrons. The van der Waals surface area contributed by atoms with Gasteiger partial charge in [-0.15, -0.1) is 0 Å². The highest BCUT2D eigenvalue weighted by atomic mass is 19.1. The number of ether oxygens (including phenoxy) is 1. The second kappa shape index (κ2) is 5.77. The standard InChI is InChI=1S/C12H15F2NO3/c1-6(2)18-11-8(10(15-3)12(16)17)4-7(13)5-9(11)14/h4-6,10,15H,1-3H3,(H,16,17)/t10-/m0/s1. The van der Waals surface area contributed by atoms with Crippen molar-refractivity contribution in [2.75, 3.05) is 7.05 Å². The van der Waals surface area contributed by atoms with Gasteiger partial charge in [0, 0.05) is 11.6 Å². The fraction of sp³-hybridized carbons (Fsp3) is 0.417. The van der Waals surface area contributed by atoms with Crippen molar-refractivity contribution in [1.29, 1.82) is 0 Å². The van der Waals surface area contributed by atoms with Gasteiger partial charge in [0.15, 0.2) is 11.6 Å². The van der Waals surface area contributed by atoms with E-state index in [0.29, 0.717) is 6.07 Å². The molecule has 1 aromatic rings. The van der Waals surface area contributed by atoms with E-state index in [1.54, 1.807) is 13.8 Å². The van der Waals surface area contributed by atoms with Crippen molar-refractivity contribution < 1.29 is 23.4 Å². The van der Waals surface area contributed by atoms with Crippen LogP contribution in [0.25, 0.3) is 0 Å². The highest BCUT2D eigenvalue weighted by Crippen LogP contribution is 2.30. The zero-order valence-corrected chi connectivity index (χ0v) is 10.3. The van der Waals surface area contributed by atoms with Crippen molar-refractivity contribution in [3.8, 4) is 5.75 Å². The maximum atomic E-state index is 13.6. The van der Waals surface area contributed by atoms with Gasteiger partial charge in [0.25, 0.3) is 0 Å². The molecule has 2 N–H and O–H groups in total. The molecule has 0 aromatic heterocycles. The maximum absolute atomic E-state index is 13.6. The Kier molecular flexibility index (Phi) is 4.61. The van der Waals surface area contributed by atoms with Gasteiger partial charge < -0.3 is 15.2 Å². The first-order chi connectivity index (χ1) is 8.36. The number of likely N-dealkylation sites (N-methyl/N-ethyl adjacent to an activating group) is 1. The minimum atomic E-state index is -1.24. The number of nitrogens with one attached hydrogen (secondary N) is 1. The van der Waals surface area contributed by atoms with E-state index in [2.05, 4.69) is 5.32 Å². The van der Waals surface area contributed by atoms with Crippen LogP contribution < -0.4 is 10.1 Å². The third-order valence-electron chi connectivity index (χ3n) is 2.24. The lowest BCUT2D eigenvalue weighted by molar-refractivity contribution is -0.139. The Hall–Kier alpha value is -1.69. The van der Waals surface area contributed by atoms with Crippen molar-refractivity contribution in [3.05, 3.63) is 29.3 Å². The Bertz CT molecular complexity index is 449. The average Bonchev–Trinajstić information content (AvgIpc) is 2.23. The Labute approximate surface area is 104 Å². The first-order valence-corrected chi connectivity index (χ1v) is 5.42. The number of rotatable bonds is 5. The maximum Gasteiger partial charge on any atom is 0.325 e. The van der Waals surface area contributed by atoms with Crippen LogP contribution in [0.4, 0.5) is 8.78 Å². The van der Waals surface area contributed by atoms with Gasteiger partial charge in [-0.2, -0.15) is 0 Å². The molecule has 18 heavy (non-hydrogen) atoms.